The van der Waals surface area contributed by atoms with Crippen LogP contribution in [0.25, 0.3) is 22.0 Å². The largest absolute Gasteiger partial charge is 0.490 e. The summed E-state index contributed by atoms with van der Waals surface area (Å²) in [7, 11) is 3.78. The van der Waals surface area contributed by atoms with E-state index in [2.05, 4.69) is 40.5 Å². The zero-order chi connectivity index (χ0) is 26.8. The van der Waals surface area contributed by atoms with E-state index in [1.54, 1.807) is 18.1 Å². The van der Waals surface area contributed by atoms with Crippen molar-refractivity contribution in [3.8, 4) is 22.8 Å². The van der Waals surface area contributed by atoms with Crippen molar-refractivity contribution < 1.29 is 14.3 Å². The average Bonchev–Trinajstić information content (AvgIpc) is 3.06. The van der Waals surface area contributed by atoms with Crippen LogP contribution in [-0.2, 0) is 4.79 Å². The molecule has 2 aliphatic rings. The molecule has 0 spiro atoms. The summed E-state index contributed by atoms with van der Waals surface area (Å²) in [5.74, 6) is 1.40. The smallest absolute Gasteiger partial charge is 0.213 e. The van der Waals surface area contributed by atoms with Gasteiger partial charge in [-0.05, 0) is 58.2 Å². The molecule has 5 rings (SSSR count). The predicted octanol–water partition coefficient (Wildman–Crippen LogP) is 5.14. The van der Waals surface area contributed by atoms with Crippen LogP contribution in [0.15, 0.2) is 36.7 Å². The van der Waals surface area contributed by atoms with E-state index in [0.717, 1.165) is 58.5 Å². The summed E-state index contributed by atoms with van der Waals surface area (Å²) in [4.78, 5) is 27.2. The Labute approximate surface area is 225 Å². The van der Waals surface area contributed by atoms with E-state index in [-0.39, 0.29) is 6.04 Å². The van der Waals surface area contributed by atoms with Crippen LogP contribution >= 0.6 is 0 Å². The lowest BCUT2D eigenvalue weighted by Gasteiger charge is -2.39. The molecule has 0 saturated carbocycles. The van der Waals surface area contributed by atoms with Gasteiger partial charge >= 0.3 is 0 Å². The monoisotopic (exact) mass is 517 g/mol. The first kappa shape index (κ1) is 26.2. The summed E-state index contributed by atoms with van der Waals surface area (Å²) < 4.78 is 12.4. The highest BCUT2D eigenvalue weighted by molar-refractivity contribution is 6.07. The van der Waals surface area contributed by atoms with Gasteiger partial charge in [-0.15, -0.1) is 0 Å². The number of amides is 1. The van der Waals surface area contributed by atoms with E-state index < -0.39 is 0 Å². The van der Waals surface area contributed by atoms with Crippen LogP contribution in [0, 0.1) is 0 Å². The molecule has 1 saturated heterocycles. The number of carbonyl (C=O) groups excluding carboxylic acids is 1. The number of rotatable bonds is 8. The Balaban J connectivity index is 1.37. The van der Waals surface area contributed by atoms with Gasteiger partial charge in [0.15, 0.2) is 0 Å². The summed E-state index contributed by atoms with van der Waals surface area (Å²) >= 11 is 0. The highest BCUT2D eigenvalue weighted by Gasteiger charge is 2.28. The van der Waals surface area contributed by atoms with E-state index >= 15 is 0 Å². The van der Waals surface area contributed by atoms with Crippen molar-refractivity contribution in [3.05, 3.63) is 36.7 Å². The van der Waals surface area contributed by atoms with Gasteiger partial charge in [0.05, 0.1) is 41.1 Å². The third kappa shape index (κ3) is 5.01. The molecule has 0 N–H and O–H groups in total. The number of hydrogen-bond donors (Lipinski definition) is 0. The number of nitrogens with zero attached hydrogens (tertiary/aromatic N) is 5. The number of pyridine rings is 2. The van der Waals surface area contributed by atoms with Crippen LogP contribution in [-0.4, -0.2) is 73.3 Å². The standard InChI is InChI=1S/C30H39N5O3/c1-20-8-6-9-21(2)35(20)14-7-15-37-27-13-10-23(16-32-27)24-11-12-25-28-29(26(17-31-25)33(4)19-36)34(5)22(3)18-38-30(24)28/h10-13,16-17,19-22H,6-9,14-15,18H2,1-5H3/t20?,21?,22-/m0/s1. The number of anilines is 2. The highest BCUT2D eigenvalue weighted by Crippen LogP contribution is 2.46. The van der Waals surface area contributed by atoms with Gasteiger partial charge in [-0.2, -0.15) is 0 Å². The second-order valence-electron chi connectivity index (χ2n) is 10.8. The quantitative estimate of drug-likeness (QED) is 0.303. The maximum Gasteiger partial charge on any atom is 0.213 e. The predicted molar refractivity (Wildman–Crippen MR) is 152 cm³/mol. The van der Waals surface area contributed by atoms with Crippen LogP contribution in [0.1, 0.15) is 46.5 Å². The van der Waals surface area contributed by atoms with Crippen LogP contribution in [0.4, 0.5) is 11.4 Å². The van der Waals surface area contributed by atoms with E-state index in [1.807, 2.05) is 37.5 Å². The SMILES string of the molecule is CC1CCCC(C)N1CCCOc1ccc(-c2ccc3ncc(N(C)C=O)c4c3c2OC[C@H](C)N4C)cn1. The van der Waals surface area contributed by atoms with Gasteiger partial charge in [0.1, 0.15) is 12.4 Å². The molecule has 0 aliphatic carbocycles. The van der Waals surface area contributed by atoms with Gasteiger partial charge in [-0.1, -0.05) is 6.42 Å². The number of benzene rings is 1. The Kier molecular flexibility index (Phi) is 7.70. The number of hydrogen-bond acceptors (Lipinski definition) is 7. The topological polar surface area (TPSA) is 71.0 Å². The molecular formula is C30H39N5O3. The minimum absolute atomic E-state index is 0.115. The van der Waals surface area contributed by atoms with E-state index in [0.29, 0.717) is 31.2 Å². The highest BCUT2D eigenvalue weighted by atomic mass is 16.5. The Morgan fingerprint density at radius 1 is 1.08 bits per heavy atom. The summed E-state index contributed by atoms with van der Waals surface area (Å²) in [6, 6.07) is 9.42. The molecule has 2 unspecified atom stereocenters. The molecule has 0 radical (unpaired) electrons. The summed E-state index contributed by atoms with van der Waals surface area (Å²) in [6.07, 6.45) is 9.30. The van der Waals surface area contributed by atoms with Gasteiger partial charge in [0, 0.05) is 56.1 Å². The lowest BCUT2D eigenvalue weighted by atomic mass is 9.97. The zero-order valence-corrected chi connectivity index (χ0v) is 23.2. The molecule has 3 atom stereocenters. The number of aromatic nitrogens is 2. The lowest BCUT2D eigenvalue weighted by molar-refractivity contribution is -0.107. The number of likely N-dealkylation sites (tertiary alicyclic amines) is 1. The number of ether oxygens (including phenoxy) is 2. The fourth-order valence-electron chi connectivity index (χ4n) is 5.78. The summed E-state index contributed by atoms with van der Waals surface area (Å²) in [6.45, 7) is 9.01. The zero-order valence-electron chi connectivity index (χ0n) is 23.2. The minimum Gasteiger partial charge on any atom is -0.490 e. The molecule has 3 aromatic rings. The first-order valence-corrected chi connectivity index (χ1v) is 13.7. The van der Waals surface area contributed by atoms with Gasteiger partial charge in [0.2, 0.25) is 12.3 Å². The maximum absolute atomic E-state index is 11.6. The Bertz CT molecular complexity index is 1270. The number of piperidine rings is 1. The van der Waals surface area contributed by atoms with Crippen molar-refractivity contribution in [3.63, 3.8) is 0 Å². The van der Waals surface area contributed by atoms with Crippen LogP contribution in [0.2, 0.25) is 0 Å². The first-order chi connectivity index (χ1) is 18.4. The van der Waals surface area contributed by atoms with Gasteiger partial charge < -0.3 is 19.3 Å². The molecule has 1 fully saturated rings. The molecule has 2 aliphatic heterocycles. The van der Waals surface area contributed by atoms with Crippen molar-refractivity contribution in [2.75, 3.05) is 43.7 Å². The normalized spacial score (nSPS) is 21.6. The summed E-state index contributed by atoms with van der Waals surface area (Å²) in [5, 5.41) is 0.905. The summed E-state index contributed by atoms with van der Waals surface area (Å²) in [5.41, 5.74) is 4.41. The van der Waals surface area contributed by atoms with Crippen molar-refractivity contribution in [1.29, 1.82) is 0 Å². The Morgan fingerprint density at radius 2 is 1.87 bits per heavy atom. The van der Waals surface area contributed by atoms with E-state index in [9.17, 15) is 4.79 Å². The molecule has 0 bridgehead atoms. The average molecular weight is 518 g/mol. The Morgan fingerprint density at radius 3 is 2.58 bits per heavy atom. The van der Waals surface area contributed by atoms with Crippen molar-refractivity contribution in [2.24, 2.45) is 0 Å². The number of carbonyl (C=O) groups is 1. The van der Waals surface area contributed by atoms with Crippen molar-refractivity contribution in [1.82, 2.24) is 14.9 Å². The third-order valence-corrected chi connectivity index (χ3v) is 8.20. The molecule has 8 nitrogen and oxygen atoms in total. The van der Waals surface area contributed by atoms with Crippen LogP contribution in [0.3, 0.4) is 0 Å². The fraction of sp³-hybridized carbons (Fsp3) is 0.500. The van der Waals surface area contributed by atoms with Crippen molar-refractivity contribution >= 4 is 28.7 Å². The maximum atomic E-state index is 11.6. The van der Waals surface area contributed by atoms with Gasteiger partial charge in [-0.25, -0.2) is 4.98 Å². The molecule has 1 aromatic carbocycles. The molecular weight excluding hydrogens is 478 g/mol. The fourth-order valence-corrected chi connectivity index (χ4v) is 5.78. The molecule has 2 aromatic heterocycles. The van der Waals surface area contributed by atoms with E-state index in [1.165, 1.54) is 19.3 Å². The second kappa shape index (κ2) is 11.2. The minimum atomic E-state index is 0.115. The molecule has 4 heterocycles. The second-order valence-corrected chi connectivity index (χ2v) is 10.8. The third-order valence-electron chi connectivity index (χ3n) is 8.20. The molecule has 38 heavy (non-hydrogen) atoms. The van der Waals surface area contributed by atoms with Crippen molar-refractivity contribution in [2.45, 2.75) is 64.6 Å². The van der Waals surface area contributed by atoms with E-state index in [4.69, 9.17) is 9.47 Å². The first-order valence-electron chi connectivity index (χ1n) is 13.7. The van der Waals surface area contributed by atoms with Gasteiger partial charge in [0.25, 0.3) is 0 Å². The van der Waals surface area contributed by atoms with Gasteiger partial charge in [-0.3, -0.25) is 14.7 Å². The molecule has 202 valence electrons. The van der Waals surface area contributed by atoms with Crippen LogP contribution < -0.4 is 19.3 Å². The van der Waals surface area contributed by atoms with Crippen LogP contribution in [0.5, 0.6) is 11.6 Å². The number of likely N-dealkylation sites (N-methyl/N-ethyl adjacent to an activating group) is 1. The Hall–Kier alpha value is -3.39. The molecule has 8 heteroatoms. The lowest BCUT2D eigenvalue weighted by Crippen LogP contribution is -2.44. The molecule has 1 amide bonds.